The molecule has 6 nitrogen and oxygen atoms in total. The summed E-state index contributed by atoms with van der Waals surface area (Å²) in [6.45, 7) is 1.40. The van der Waals surface area contributed by atoms with E-state index in [1.54, 1.807) is 24.4 Å². The quantitative estimate of drug-likeness (QED) is 0.654. The average Bonchev–Trinajstić information content (AvgIpc) is 3.01. The number of hydrogen-bond donors (Lipinski definition) is 1. The third-order valence-corrected chi connectivity index (χ3v) is 5.74. The van der Waals surface area contributed by atoms with Crippen molar-refractivity contribution in [3.8, 4) is 16.9 Å². The Labute approximate surface area is 188 Å². The number of methoxy groups -OCH3 is 1. The van der Waals surface area contributed by atoms with Crippen LogP contribution >= 0.6 is 0 Å². The molecule has 1 aliphatic rings. The molecule has 3 aromatic rings. The average molecular weight is 430 g/mol. The molecule has 4 rings (SSSR count). The van der Waals surface area contributed by atoms with Crippen LogP contribution < -0.4 is 10.1 Å². The van der Waals surface area contributed by atoms with E-state index in [1.165, 1.54) is 0 Å². The Kier molecular flexibility index (Phi) is 6.80. The fraction of sp³-hybridized carbons (Fsp3) is 0.269. The number of carbonyl (C=O) groups is 2. The second-order valence-electron chi connectivity index (χ2n) is 8.00. The van der Waals surface area contributed by atoms with Crippen LogP contribution in [0.15, 0.2) is 73.1 Å². The van der Waals surface area contributed by atoms with Crippen molar-refractivity contribution in [1.82, 2.24) is 15.2 Å². The standard InChI is InChI=1S/C26H27N3O3/c1-32-24-9-3-8-22(16-24)21-7-2-5-19(13-21)14-23-18-29(12-11-28-26(23)31)25(30)15-20-6-4-10-27-17-20/h2-10,13,16-17,23H,11-12,14-15,18H2,1H3,(H,28,31)/t23-/m1/s1. The van der Waals surface area contributed by atoms with E-state index < -0.39 is 0 Å². The molecule has 1 aliphatic heterocycles. The summed E-state index contributed by atoms with van der Waals surface area (Å²) in [5.74, 6) is 0.521. The molecule has 2 heterocycles. The number of amides is 2. The molecule has 0 spiro atoms. The van der Waals surface area contributed by atoms with E-state index in [0.717, 1.165) is 28.0 Å². The highest BCUT2D eigenvalue weighted by Gasteiger charge is 2.27. The normalized spacial score (nSPS) is 16.2. The zero-order valence-electron chi connectivity index (χ0n) is 18.2. The van der Waals surface area contributed by atoms with Crippen LogP contribution in [-0.2, 0) is 22.4 Å². The van der Waals surface area contributed by atoms with Gasteiger partial charge in [-0.3, -0.25) is 14.6 Å². The number of nitrogens with zero attached hydrogens (tertiary/aromatic N) is 2. The number of rotatable bonds is 6. The molecule has 0 radical (unpaired) electrons. The smallest absolute Gasteiger partial charge is 0.227 e. The van der Waals surface area contributed by atoms with Gasteiger partial charge >= 0.3 is 0 Å². The lowest BCUT2D eigenvalue weighted by molar-refractivity contribution is -0.131. The molecule has 0 unspecified atom stereocenters. The monoisotopic (exact) mass is 429 g/mol. The van der Waals surface area contributed by atoms with E-state index in [2.05, 4.69) is 22.4 Å². The molecule has 2 aromatic carbocycles. The molecular weight excluding hydrogens is 402 g/mol. The number of benzene rings is 2. The minimum Gasteiger partial charge on any atom is -0.497 e. The Balaban J connectivity index is 1.48. The maximum absolute atomic E-state index is 12.9. The third-order valence-electron chi connectivity index (χ3n) is 5.74. The van der Waals surface area contributed by atoms with Gasteiger partial charge in [-0.15, -0.1) is 0 Å². The first kappa shape index (κ1) is 21.6. The Morgan fingerprint density at radius 1 is 1.09 bits per heavy atom. The second kappa shape index (κ2) is 10.1. The van der Waals surface area contributed by atoms with Crippen LogP contribution in [0.5, 0.6) is 5.75 Å². The molecule has 32 heavy (non-hydrogen) atoms. The van der Waals surface area contributed by atoms with Gasteiger partial charge in [-0.1, -0.05) is 42.5 Å². The maximum Gasteiger partial charge on any atom is 0.227 e. The second-order valence-corrected chi connectivity index (χ2v) is 8.00. The van der Waals surface area contributed by atoms with Gasteiger partial charge in [-0.25, -0.2) is 0 Å². The first-order chi connectivity index (χ1) is 15.6. The third kappa shape index (κ3) is 5.32. The predicted octanol–water partition coefficient (Wildman–Crippen LogP) is 3.12. The van der Waals surface area contributed by atoms with Crippen LogP contribution in [0.4, 0.5) is 0 Å². The SMILES string of the molecule is COc1cccc(-c2cccc(C[C@@H]3CN(C(=O)Cc4cccnc4)CCNC3=O)c2)c1. The lowest BCUT2D eigenvalue weighted by Gasteiger charge is -2.23. The number of nitrogens with one attached hydrogen (secondary N) is 1. The van der Waals surface area contributed by atoms with Gasteiger partial charge in [0.2, 0.25) is 11.8 Å². The van der Waals surface area contributed by atoms with Crippen molar-refractivity contribution in [1.29, 1.82) is 0 Å². The number of aromatic nitrogens is 1. The van der Waals surface area contributed by atoms with Gasteiger partial charge < -0.3 is 15.0 Å². The van der Waals surface area contributed by atoms with Gasteiger partial charge in [0, 0.05) is 32.0 Å². The largest absolute Gasteiger partial charge is 0.497 e. The molecule has 6 heteroatoms. The van der Waals surface area contributed by atoms with Crippen LogP contribution in [-0.4, -0.2) is 48.4 Å². The van der Waals surface area contributed by atoms with Crippen molar-refractivity contribution in [2.24, 2.45) is 5.92 Å². The fourth-order valence-corrected chi connectivity index (χ4v) is 4.04. The van der Waals surface area contributed by atoms with Crippen LogP contribution in [0.25, 0.3) is 11.1 Å². The van der Waals surface area contributed by atoms with E-state index in [4.69, 9.17) is 4.74 Å². The van der Waals surface area contributed by atoms with Gasteiger partial charge in [-0.2, -0.15) is 0 Å². The summed E-state index contributed by atoms with van der Waals surface area (Å²) in [6, 6.07) is 19.8. The van der Waals surface area contributed by atoms with Crippen molar-refractivity contribution in [2.75, 3.05) is 26.7 Å². The van der Waals surface area contributed by atoms with E-state index in [1.807, 2.05) is 48.5 Å². The maximum atomic E-state index is 12.9. The summed E-state index contributed by atoms with van der Waals surface area (Å²) >= 11 is 0. The molecular formula is C26H27N3O3. The lowest BCUT2D eigenvalue weighted by Crippen LogP contribution is -2.38. The van der Waals surface area contributed by atoms with E-state index >= 15 is 0 Å². The van der Waals surface area contributed by atoms with Crippen LogP contribution in [0.1, 0.15) is 11.1 Å². The van der Waals surface area contributed by atoms with Crippen molar-refractivity contribution in [3.05, 3.63) is 84.2 Å². The molecule has 1 N–H and O–H groups in total. The van der Waals surface area contributed by atoms with Crippen LogP contribution in [0.3, 0.4) is 0 Å². The fourth-order valence-electron chi connectivity index (χ4n) is 4.04. The topological polar surface area (TPSA) is 71.5 Å². The van der Waals surface area contributed by atoms with E-state index in [9.17, 15) is 9.59 Å². The Hall–Kier alpha value is -3.67. The summed E-state index contributed by atoms with van der Waals surface area (Å²) in [6.07, 6.45) is 4.26. The van der Waals surface area contributed by atoms with Gasteiger partial charge in [-0.05, 0) is 46.9 Å². The molecule has 0 bridgehead atoms. The molecule has 2 amide bonds. The molecule has 164 valence electrons. The van der Waals surface area contributed by atoms with E-state index in [-0.39, 0.29) is 17.7 Å². The summed E-state index contributed by atoms with van der Waals surface area (Å²) < 4.78 is 5.34. The highest BCUT2D eigenvalue weighted by molar-refractivity contribution is 5.83. The molecule has 1 saturated heterocycles. The zero-order valence-corrected chi connectivity index (χ0v) is 18.2. The Morgan fingerprint density at radius 3 is 2.66 bits per heavy atom. The van der Waals surface area contributed by atoms with E-state index in [0.29, 0.717) is 32.5 Å². The number of ether oxygens (including phenoxy) is 1. The molecule has 0 saturated carbocycles. The number of pyridine rings is 1. The summed E-state index contributed by atoms with van der Waals surface area (Å²) in [7, 11) is 1.65. The summed E-state index contributed by atoms with van der Waals surface area (Å²) in [5, 5.41) is 2.96. The summed E-state index contributed by atoms with van der Waals surface area (Å²) in [5.41, 5.74) is 4.07. The van der Waals surface area contributed by atoms with Gasteiger partial charge in [0.25, 0.3) is 0 Å². The first-order valence-electron chi connectivity index (χ1n) is 10.8. The minimum atomic E-state index is -0.295. The summed E-state index contributed by atoms with van der Waals surface area (Å²) in [4.78, 5) is 31.5. The minimum absolute atomic E-state index is 0.00605. The van der Waals surface area contributed by atoms with Crippen LogP contribution in [0.2, 0.25) is 0 Å². The van der Waals surface area contributed by atoms with Crippen LogP contribution in [0, 0.1) is 5.92 Å². The highest BCUT2D eigenvalue weighted by atomic mass is 16.5. The molecule has 0 aliphatic carbocycles. The van der Waals surface area contributed by atoms with Gasteiger partial charge in [0.1, 0.15) is 5.75 Å². The first-order valence-corrected chi connectivity index (χ1v) is 10.8. The van der Waals surface area contributed by atoms with Crippen molar-refractivity contribution in [3.63, 3.8) is 0 Å². The van der Waals surface area contributed by atoms with Crippen molar-refractivity contribution >= 4 is 11.8 Å². The van der Waals surface area contributed by atoms with Gasteiger partial charge in [0.05, 0.1) is 19.4 Å². The molecule has 1 atom stereocenters. The molecule has 1 fully saturated rings. The number of hydrogen-bond acceptors (Lipinski definition) is 4. The number of carbonyl (C=O) groups excluding carboxylic acids is 2. The van der Waals surface area contributed by atoms with Crippen molar-refractivity contribution < 1.29 is 14.3 Å². The Bertz CT molecular complexity index is 1080. The predicted molar refractivity (Wildman–Crippen MR) is 123 cm³/mol. The van der Waals surface area contributed by atoms with Crippen molar-refractivity contribution in [2.45, 2.75) is 12.8 Å². The molecule has 1 aromatic heterocycles. The lowest BCUT2D eigenvalue weighted by atomic mass is 9.95. The van der Waals surface area contributed by atoms with Gasteiger partial charge in [0.15, 0.2) is 0 Å². The highest BCUT2D eigenvalue weighted by Crippen LogP contribution is 2.25. The Morgan fingerprint density at radius 2 is 1.88 bits per heavy atom. The zero-order chi connectivity index (χ0) is 22.3.